The molecule has 0 saturated heterocycles. The second-order valence-corrected chi connectivity index (χ2v) is 7.89. The van der Waals surface area contributed by atoms with E-state index in [-0.39, 0.29) is 0 Å². The highest BCUT2D eigenvalue weighted by molar-refractivity contribution is 7.15. The second kappa shape index (κ2) is 7.56. The van der Waals surface area contributed by atoms with Crippen LogP contribution in [0.5, 0.6) is 0 Å². The van der Waals surface area contributed by atoms with E-state index in [0.717, 1.165) is 32.1 Å². The summed E-state index contributed by atoms with van der Waals surface area (Å²) in [5.74, 6) is 1.43. The predicted octanol–water partition coefficient (Wildman–Crippen LogP) is 2.76. The van der Waals surface area contributed by atoms with Crippen molar-refractivity contribution in [1.82, 2.24) is 15.2 Å². The first kappa shape index (κ1) is 16.7. The van der Waals surface area contributed by atoms with Crippen LogP contribution in [0.3, 0.4) is 0 Å². The molecule has 0 aromatic carbocycles. The molecule has 1 fully saturated rings. The lowest BCUT2D eigenvalue weighted by molar-refractivity contribution is 0.416. The number of aromatic nitrogens is 1. The van der Waals surface area contributed by atoms with E-state index >= 15 is 0 Å². The fraction of sp³-hybridized carbons (Fsp3) is 0.812. The Bertz CT molecular complexity index is 437. The van der Waals surface area contributed by atoms with Gasteiger partial charge in [0.2, 0.25) is 0 Å². The van der Waals surface area contributed by atoms with Crippen LogP contribution in [0.15, 0.2) is 0 Å². The standard InChI is InChI=1S/C16H30N4S/c1-12(2)10-17-11-14-15(13-6-7-13)18-16(21-14)20(5)9-8-19(3)4/h12-13,17H,6-11H2,1-5H3. The minimum absolute atomic E-state index is 0.699. The number of hydrogen-bond acceptors (Lipinski definition) is 5. The minimum atomic E-state index is 0.699. The van der Waals surface area contributed by atoms with Gasteiger partial charge in [-0.1, -0.05) is 13.8 Å². The summed E-state index contributed by atoms with van der Waals surface area (Å²) in [4.78, 5) is 10.9. The lowest BCUT2D eigenvalue weighted by Crippen LogP contribution is -2.28. The average Bonchev–Trinajstić information content (AvgIpc) is 3.17. The second-order valence-electron chi connectivity index (χ2n) is 6.83. The monoisotopic (exact) mass is 310 g/mol. The maximum Gasteiger partial charge on any atom is 0.185 e. The Hall–Kier alpha value is -0.650. The number of nitrogens with one attached hydrogen (secondary N) is 1. The third kappa shape index (κ3) is 5.24. The highest BCUT2D eigenvalue weighted by atomic mass is 32.1. The summed E-state index contributed by atoms with van der Waals surface area (Å²) in [5.41, 5.74) is 1.36. The molecule has 5 heteroatoms. The molecule has 0 bridgehead atoms. The minimum Gasteiger partial charge on any atom is -0.350 e. The van der Waals surface area contributed by atoms with Crippen LogP contribution in [0.25, 0.3) is 0 Å². The summed E-state index contributed by atoms with van der Waals surface area (Å²) < 4.78 is 0. The van der Waals surface area contributed by atoms with E-state index in [4.69, 9.17) is 4.98 Å². The van der Waals surface area contributed by atoms with Gasteiger partial charge in [0.1, 0.15) is 0 Å². The molecule has 0 atom stereocenters. The summed E-state index contributed by atoms with van der Waals surface area (Å²) in [6.45, 7) is 8.65. The van der Waals surface area contributed by atoms with Crippen molar-refractivity contribution in [3.63, 3.8) is 0 Å². The summed E-state index contributed by atoms with van der Waals surface area (Å²) in [5, 5.41) is 4.75. The van der Waals surface area contributed by atoms with Gasteiger partial charge in [-0.25, -0.2) is 4.98 Å². The molecule has 4 nitrogen and oxygen atoms in total. The van der Waals surface area contributed by atoms with E-state index in [0.29, 0.717) is 5.92 Å². The van der Waals surface area contributed by atoms with Gasteiger partial charge in [0.05, 0.1) is 5.69 Å². The number of rotatable bonds is 9. The van der Waals surface area contributed by atoms with Gasteiger partial charge in [-0.2, -0.15) is 0 Å². The number of thiazole rings is 1. The Morgan fingerprint density at radius 3 is 2.52 bits per heavy atom. The molecule has 1 aromatic rings. The molecule has 120 valence electrons. The van der Waals surface area contributed by atoms with Crippen molar-refractivity contribution in [2.75, 3.05) is 45.7 Å². The highest BCUT2D eigenvalue weighted by Crippen LogP contribution is 2.44. The summed E-state index contributed by atoms with van der Waals surface area (Å²) >= 11 is 1.87. The molecule has 0 radical (unpaired) electrons. The molecule has 1 saturated carbocycles. The Morgan fingerprint density at radius 2 is 1.95 bits per heavy atom. The van der Waals surface area contributed by atoms with E-state index in [1.54, 1.807) is 0 Å². The Labute approximate surface area is 133 Å². The Morgan fingerprint density at radius 1 is 1.24 bits per heavy atom. The lowest BCUT2D eigenvalue weighted by Gasteiger charge is -2.18. The molecule has 0 aliphatic heterocycles. The molecule has 1 aromatic heterocycles. The molecular weight excluding hydrogens is 280 g/mol. The van der Waals surface area contributed by atoms with Crippen LogP contribution in [0.2, 0.25) is 0 Å². The molecule has 1 aliphatic carbocycles. The van der Waals surface area contributed by atoms with Gasteiger partial charge in [-0.05, 0) is 39.4 Å². The molecular formula is C16H30N4S. The highest BCUT2D eigenvalue weighted by Gasteiger charge is 2.30. The van der Waals surface area contributed by atoms with Gasteiger partial charge in [0.25, 0.3) is 0 Å². The largest absolute Gasteiger partial charge is 0.350 e. The van der Waals surface area contributed by atoms with Gasteiger partial charge in [-0.15, -0.1) is 11.3 Å². The third-order valence-corrected chi connectivity index (χ3v) is 4.91. The van der Waals surface area contributed by atoms with Gasteiger partial charge < -0.3 is 15.1 Å². The zero-order valence-electron chi connectivity index (χ0n) is 14.1. The first-order valence-corrected chi connectivity index (χ1v) is 8.85. The molecule has 1 aliphatic rings. The van der Waals surface area contributed by atoms with Crippen molar-refractivity contribution >= 4 is 16.5 Å². The van der Waals surface area contributed by atoms with Crippen molar-refractivity contribution < 1.29 is 0 Å². The number of anilines is 1. The first-order valence-electron chi connectivity index (χ1n) is 8.03. The van der Waals surface area contributed by atoms with Crippen LogP contribution in [0, 0.1) is 5.92 Å². The zero-order valence-corrected chi connectivity index (χ0v) is 15.0. The fourth-order valence-electron chi connectivity index (χ4n) is 2.24. The van der Waals surface area contributed by atoms with E-state index in [2.05, 4.69) is 50.1 Å². The lowest BCUT2D eigenvalue weighted by atomic mass is 10.2. The van der Waals surface area contributed by atoms with Gasteiger partial charge >= 0.3 is 0 Å². The number of hydrogen-bond donors (Lipinski definition) is 1. The maximum absolute atomic E-state index is 4.93. The van der Waals surface area contributed by atoms with Crippen LogP contribution in [-0.4, -0.2) is 50.7 Å². The fourth-order valence-corrected chi connectivity index (χ4v) is 3.34. The topological polar surface area (TPSA) is 31.4 Å². The first-order chi connectivity index (χ1) is 9.97. The van der Waals surface area contributed by atoms with Crippen molar-refractivity contribution in [2.45, 2.75) is 39.2 Å². The maximum atomic E-state index is 4.93. The van der Waals surface area contributed by atoms with Crippen LogP contribution >= 0.6 is 11.3 Å². The Kier molecular flexibility index (Phi) is 6.02. The van der Waals surface area contributed by atoms with E-state index in [1.807, 2.05) is 11.3 Å². The van der Waals surface area contributed by atoms with E-state index in [1.165, 1.54) is 28.5 Å². The van der Waals surface area contributed by atoms with Crippen LogP contribution in [-0.2, 0) is 6.54 Å². The number of nitrogens with zero attached hydrogens (tertiary/aromatic N) is 3. The predicted molar refractivity (Wildman–Crippen MR) is 92.5 cm³/mol. The van der Waals surface area contributed by atoms with Crippen molar-refractivity contribution in [2.24, 2.45) is 5.92 Å². The van der Waals surface area contributed by atoms with Crippen LogP contribution in [0.1, 0.15) is 43.2 Å². The van der Waals surface area contributed by atoms with Crippen LogP contribution in [0.4, 0.5) is 5.13 Å². The van der Waals surface area contributed by atoms with Gasteiger partial charge in [0.15, 0.2) is 5.13 Å². The SMILES string of the molecule is CC(C)CNCc1sc(N(C)CCN(C)C)nc1C1CC1. The molecule has 0 amide bonds. The van der Waals surface area contributed by atoms with Crippen molar-refractivity contribution in [3.05, 3.63) is 10.6 Å². The van der Waals surface area contributed by atoms with Gasteiger partial charge in [-0.3, -0.25) is 0 Å². The molecule has 2 rings (SSSR count). The van der Waals surface area contributed by atoms with E-state index in [9.17, 15) is 0 Å². The molecule has 0 unspecified atom stereocenters. The van der Waals surface area contributed by atoms with Crippen LogP contribution < -0.4 is 10.2 Å². The van der Waals surface area contributed by atoms with E-state index < -0.39 is 0 Å². The molecule has 0 spiro atoms. The van der Waals surface area contributed by atoms with Crippen molar-refractivity contribution in [1.29, 1.82) is 0 Å². The quantitative estimate of drug-likeness (QED) is 0.760. The summed E-state index contributed by atoms with van der Waals surface area (Å²) in [6, 6.07) is 0. The number of likely N-dealkylation sites (N-methyl/N-ethyl adjacent to an activating group) is 2. The summed E-state index contributed by atoms with van der Waals surface area (Å²) in [7, 11) is 6.39. The van der Waals surface area contributed by atoms with Crippen molar-refractivity contribution in [3.8, 4) is 0 Å². The molecule has 21 heavy (non-hydrogen) atoms. The van der Waals surface area contributed by atoms with Gasteiger partial charge in [0, 0.05) is 37.5 Å². The summed E-state index contributed by atoms with van der Waals surface area (Å²) in [6.07, 6.45) is 2.64. The normalized spacial score (nSPS) is 15.2. The third-order valence-electron chi connectivity index (χ3n) is 3.73. The zero-order chi connectivity index (χ0) is 15.4. The molecule has 1 heterocycles. The average molecular weight is 311 g/mol. The smallest absolute Gasteiger partial charge is 0.185 e. The Balaban J connectivity index is 1.98. The molecule has 1 N–H and O–H groups in total.